The number of nitrogens with zero attached hydrogens (tertiary/aromatic N) is 6. The van der Waals surface area contributed by atoms with E-state index in [1.54, 1.807) is 30.3 Å². The summed E-state index contributed by atoms with van der Waals surface area (Å²) in [5.74, 6) is 1.67. The van der Waals surface area contributed by atoms with Gasteiger partial charge in [-0.15, -0.1) is 11.3 Å². The molecular formula is C14H16N6S. The van der Waals surface area contributed by atoms with Gasteiger partial charge in [-0.1, -0.05) is 0 Å². The number of aromatic nitrogens is 5. The van der Waals surface area contributed by atoms with Crippen LogP contribution in [0.1, 0.15) is 12.8 Å². The number of rotatable bonds is 3. The van der Waals surface area contributed by atoms with Crippen LogP contribution in [0.4, 0.5) is 5.82 Å². The molecule has 4 rings (SSSR count). The summed E-state index contributed by atoms with van der Waals surface area (Å²) in [7, 11) is 0. The highest BCUT2D eigenvalue weighted by atomic mass is 32.1. The molecule has 1 aliphatic heterocycles. The molecule has 1 saturated heterocycles. The number of anilines is 1. The Balaban J connectivity index is 1.56. The van der Waals surface area contributed by atoms with Gasteiger partial charge < -0.3 is 4.90 Å². The van der Waals surface area contributed by atoms with Crippen LogP contribution in [0.15, 0.2) is 30.4 Å². The average Bonchev–Trinajstić information content (AvgIpc) is 3.18. The molecule has 1 aliphatic rings. The highest BCUT2D eigenvalue weighted by Crippen LogP contribution is 2.31. The van der Waals surface area contributed by atoms with Crippen molar-refractivity contribution in [2.45, 2.75) is 19.4 Å². The van der Waals surface area contributed by atoms with Gasteiger partial charge in [0.2, 0.25) is 0 Å². The summed E-state index contributed by atoms with van der Waals surface area (Å²) in [6.07, 6.45) is 7.48. The molecule has 0 radical (unpaired) electrons. The van der Waals surface area contributed by atoms with E-state index in [9.17, 15) is 0 Å². The number of piperidine rings is 1. The standard InChI is InChI=1S/C14H16N6S/c1-2-11(7-20-10-15-8-18-20)6-19(4-1)14-13-12(3-5-21-13)16-9-17-14/h3,5,8-11H,1-2,4,6-7H2. The molecular weight excluding hydrogens is 284 g/mol. The molecule has 3 aromatic heterocycles. The quantitative estimate of drug-likeness (QED) is 0.742. The highest BCUT2D eigenvalue weighted by Gasteiger charge is 2.23. The Morgan fingerprint density at radius 1 is 1.29 bits per heavy atom. The summed E-state index contributed by atoms with van der Waals surface area (Å²) in [6.45, 7) is 3.01. The van der Waals surface area contributed by atoms with Gasteiger partial charge in [0.05, 0.1) is 10.2 Å². The van der Waals surface area contributed by atoms with Crippen molar-refractivity contribution in [2.75, 3.05) is 18.0 Å². The molecule has 1 fully saturated rings. The van der Waals surface area contributed by atoms with Gasteiger partial charge in [-0.25, -0.2) is 15.0 Å². The molecule has 0 N–H and O–H groups in total. The number of hydrogen-bond acceptors (Lipinski definition) is 6. The first-order valence-corrected chi connectivity index (χ1v) is 8.03. The molecule has 0 amide bonds. The van der Waals surface area contributed by atoms with Gasteiger partial charge in [0.1, 0.15) is 24.8 Å². The van der Waals surface area contributed by atoms with Crippen LogP contribution in [-0.4, -0.2) is 37.8 Å². The zero-order valence-electron chi connectivity index (χ0n) is 11.6. The molecule has 0 aliphatic carbocycles. The zero-order valence-corrected chi connectivity index (χ0v) is 12.4. The fourth-order valence-electron chi connectivity index (χ4n) is 3.00. The first-order chi connectivity index (χ1) is 10.4. The lowest BCUT2D eigenvalue weighted by Crippen LogP contribution is -2.37. The number of hydrogen-bond donors (Lipinski definition) is 0. The Morgan fingerprint density at radius 2 is 2.29 bits per heavy atom. The summed E-state index contributed by atoms with van der Waals surface area (Å²) in [6, 6.07) is 2.06. The second kappa shape index (κ2) is 5.40. The SMILES string of the molecule is c1nc(N2CCCC(Cn3cncn3)C2)c2sccc2n1. The topological polar surface area (TPSA) is 59.7 Å². The predicted molar refractivity (Wildman–Crippen MR) is 82.4 cm³/mol. The van der Waals surface area contributed by atoms with Crippen molar-refractivity contribution < 1.29 is 0 Å². The third kappa shape index (κ3) is 2.49. The van der Waals surface area contributed by atoms with Gasteiger partial charge in [0, 0.05) is 19.6 Å². The zero-order chi connectivity index (χ0) is 14.1. The van der Waals surface area contributed by atoms with Crippen LogP contribution in [0, 0.1) is 5.92 Å². The van der Waals surface area contributed by atoms with Crippen LogP contribution >= 0.6 is 11.3 Å². The van der Waals surface area contributed by atoms with E-state index in [-0.39, 0.29) is 0 Å². The summed E-state index contributed by atoms with van der Waals surface area (Å²) in [5.41, 5.74) is 1.04. The van der Waals surface area contributed by atoms with Gasteiger partial charge in [-0.3, -0.25) is 4.68 Å². The van der Waals surface area contributed by atoms with Crippen LogP contribution in [-0.2, 0) is 6.54 Å². The van der Waals surface area contributed by atoms with Crippen LogP contribution in [0.2, 0.25) is 0 Å². The van der Waals surface area contributed by atoms with Crippen LogP contribution in [0.5, 0.6) is 0 Å². The Kier molecular flexibility index (Phi) is 3.27. The van der Waals surface area contributed by atoms with E-state index in [0.717, 1.165) is 31.0 Å². The van der Waals surface area contributed by atoms with Crippen molar-refractivity contribution in [3.8, 4) is 0 Å². The molecule has 3 aromatic rings. The first-order valence-electron chi connectivity index (χ1n) is 7.16. The average molecular weight is 300 g/mol. The second-order valence-electron chi connectivity index (χ2n) is 5.40. The van der Waals surface area contributed by atoms with Crippen molar-refractivity contribution >= 4 is 27.4 Å². The van der Waals surface area contributed by atoms with Gasteiger partial charge >= 0.3 is 0 Å². The van der Waals surface area contributed by atoms with Crippen LogP contribution < -0.4 is 4.90 Å². The Morgan fingerprint density at radius 3 is 3.19 bits per heavy atom. The number of thiophene rings is 1. The van der Waals surface area contributed by atoms with E-state index in [0.29, 0.717) is 5.92 Å². The van der Waals surface area contributed by atoms with Gasteiger partial charge in [0.25, 0.3) is 0 Å². The third-order valence-corrected chi connectivity index (χ3v) is 4.85. The molecule has 0 bridgehead atoms. The molecule has 0 spiro atoms. The second-order valence-corrected chi connectivity index (χ2v) is 6.32. The molecule has 108 valence electrons. The Labute approximate surface area is 126 Å². The minimum Gasteiger partial charge on any atom is -0.355 e. The Hall–Kier alpha value is -2.02. The van der Waals surface area contributed by atoms with Crippen molar-refractivity contribution in [1.29, 1.82) is 0 Å². The van der Waals surface area contributed by atoms with E-state index in [2.05, 4.69) is 36.4 Å². The van der Waals surface area contributed by atoms with Crippen molar-refractivity contribution in [1.82, 2.24) is 24.7 Å². The van der Waals surface area contributed by atoms with E-state index < -0.39 is 0 Å². The maximum absolute atomic E-state index is 4.52. The van der Waals surface area contributed by atoms with Crippen molar-refractivity contribution in [2.24, 2.45) is 5.92 Å². The summed E-state index contributed by atoms with van der Waals surface area (Å²) in [4.78, 5) is 15.3. The summed E-state index contributed by atoms with van der Waals surface area (Å²) < 4.78 is 3.12. The third-order valence-electron chi connectivity index (χ3n) is 3.95. The lowest BCUT2D eigenvalue weighted by atomic mass is 9.98. The maximum Gasteiger partial charge on any atom is 0.150 e. The monoisotopic (exact) mass is 300 g/mol. The molecule has 6 nitrogen and oxygen atoms in total. The fraction of sp³-hybridized carbons (Fsp3) is 0.429. The van der Waals surface area contributed by atoms with Gasteiger partial charge in [-0.05, 0) is 30.2 Å². The lowest BCUT2D eigenvalue weighted by molar-refractivity contribution is 0.351. The van der Waals surface area contributed by atoms with Crippen LogP contribution in [0.3, 0.4) is 0 Å². The molecule has 0 aromatic carbocycles. The van der Waals surface area contributed by atoms with Crippen LogP contribution in [0.25, 0.3) is 10.2 Å². The Bertz CT molecular complexity index is 722. The van der Waals surface area contributed by atoms with E-state index in [1.807, 2.05) is 4.68 Å². The first kappa shape index (κ1) is 12.7. The molecule has 0 saturated carbocycles. The highest BCUT2D eigenvalue weighted by molar-refractivity contribution is 7.17. The van der Waals surface area contributed by atoms with E-state index >= 15 is 0 Å². The summed E-state index contributed by atoms with van der Waals surface area (Å²) in [5, 5.41) is 6.30. The predicted octanol–water partition coefficient (Wildman–Crippen LogP) is 2.20. The fourth-order valence-corrected chi connectivity index (χ4v) is 3.86. The van der Waals surface area contributed by atoms with Gasteiger partial charge in [-0.2, -0.15) is 5.10 Å². The summed E-state index contributed by atoms with van der Waals surface area (Å²) >= 11 is 1.72. The molecule has 1 unspecified atom stereocenters. The minimum atomic E-state index is 0.588. The normalized spacial score (nSPS) is 19.2. The molecule has 4 heterocycles. The van der Waals surface area contributed by atoms with E-state index in [1.165, 1.54) is 17.5 Å². The minimum absolute atomic E-state index is 0.588. The smallest absolute Gasteiger partial charge is 0.150 e. The van der Waals surface area contributed by atoms with Gasteiger partial charge in [0.15, 0.2) is 0 Å². The lowest BCUT2D eigenvalue weighted by Gasteiger charge is -2.33. The molecule has 7 heteroatoms. The van der Waals surface area contributed by atoms with Crippen molar-refractivity contribution in [3.05, 3.63) is 30.4 Å². The van der Waals surface area contributed by atoms with Crippen molar-refractivity contribution in [3.63, 3.8) is 0 Å². The molecule has 1 atom stereocenters. The molecule has 21 heavy (non-hydrogen) atoms. The number of fused-ring (bicyclic) bond motifs is 1. The van der Waals surface area contributed by atoms with E-state index in [4.69, 9.17) is 0 Å². The largest absolute Gasteiger partial charge is 0.355 e. The maximum atomic E-state index is 4.52.